The lowest BCUT2D eigenvalue weighted by Crippen LogP contribution is -2.26. The third-order valence-electron chi connectivity index (χ3n) is 6.84. The van der Waals surface area contributed by atoms with E-state index >= 15 is 0 Å². The number of likely N-dealkylation sites (tertiary alicyclic amines) is 2. The second kappa shape index (κ2) is 9.11. The van der Waals surface area contributed by atoms with Crippen LogP contribution in [0.1, 0.15) is 38.5 Å². The van der Waals surface area contributed by atoms with Gasteiger partial charge in [0, 0.05) is 37.6 Å². The molecule has 2 aliphatic carbocycles. The molecular weight excluding hydrogens is 380 g/mol. The van der Waals surface area contributed by atoms with Crippen molar-refractivity contribution in [3.8, 4) is 0 Å². The van der Waals surface area contributed by atoms with Crippen LogP contribution in [0.4, 0.5) is 0 Å². The van der Waals surface area contributed by atoms with Crippen molar-refractivity contribution in [2.24, 2.45) is 11.8 Å². The first kappa shape index (κ1) is 20.8. The Labute approximate surface area is 178 Å². The van der Waals surface area contributed by atoms with Crippen molar-refractivity contribution in [3.63, 3.8) is 0 Å². The average molecular weight is 413 g/mol. The third-order valence-corrected chi connectivity index (χ3v) is 6.84. The van der Waals surface area contributed by atoms with E-state index in [1.165, 1.54) is 14.2 Å². The van der Waals surface area contributed by atoms with E-state index in [-0.39, 0.29) is 23.8 Å². The van der Waals surface area contributed by atoms with Crippen LogP contribution in [0, 0.1) is 11.8 Å². The highest BCUT2D eigenvalue weighted by atomic mass is 16.5. The zero-order chi connectivity index (χ0) is 21.1. The minimum absolute atomic E-state index is 0.221. The topological polar surface area (TPSA) is 59.1 Å². The normalized spacial score (nSPS) is 26.6. The number of carbonyl (C=O) groups is 2. The second-order valence-electron chi connectivity index (χ2n) is 8.55. The highest BCUT2D eigenvalue weighted by molar-refractivity contribution is 5.93. The van der Waals surface area contributed by atoms with Gasteiger partial charge in [-0.2, -0.15) is 0 Å². The first-order chi connectivity index (χ1) is 14.6. The zero-order valence-electron chi connectivity index (χ0n) is 18.1. The molecule has 162 valence electrons. The van der Waals surface area contributed by atoms with Crippen molar-refractivity contribution in [3.05, 3.63) is 46.8 Å². The molecule has 0 aromatic heterocycles. The van der Waals surface area contributed by atoms with Crippen molar-refractivity contribution in [2.45, 2.75) is 38.5 Å². The van der Waals surface area contributed by atoms with Crippen molar-refractivity contribution in [2.75, 3.05) is 40.4 Å². The fourth-order valence-corrected chi connectivity index (χ4v) is 5.19. The molecule has 0 amide bonds. The number of rotatable bonds is 4. The summed E-state index contributed by atoms with van der Waals surface area (Å²) in [5.41, 5.74) is 3.52. The Hall–Kier alpha value is -2.50. The Morgan fingerprint density at radius 2 is 1.10 bits per heavy atom. The summed E-state index contributed by atoms with van der Waals surface area (Å²) in [5.74, 6) is -0.0872. The van der Waals surface area contributed by atoms with E-state index in [2.05, 4.69) is 22.0 Å². The van der Waals surface area contributed by atoms with Crippen LogP contribution in [0.2, 0.25) is 0 Å². The summed E-state index contributed by atoms with van der Waals surface area (Å²) in [7, 11) is 2.90. The molecule has 0 N–H and O–H groups in total. The Morgan fingerprint density at radius 3 is 1.43 bits per heavy atom. The standard InChI is InChI=1S/C24H32N2O4/c1-29-23(27)19-9-7-17-16-22(26-13-5-6-14-26)20(24(28)30-2)10-8-18(17)15-21(19)25-11-3-4-12-25/h7-10,17-18H,3-6,11-16H2,1-2H3/t17-,18-/m0/s1. The number of nitrogens with zero attached hydrogens (tertiary/aromatic N) is 2. The van der Waals surface area contributed by atoms with Gasteiger partial charge in [0.25, 0.3) is 0 Å². The predicted octanol–water partition coefficient (Wildman–Crippen LogP) is 3.18. The smallest absolute Gasteiger partial charge is 0.339 e. The molecule has 2 aliphatic heterocycles. The van der Waals surface area contributed by atoms with Crippen LogP contribution < -0.4 is 0 Å². The molecule has 2 atom stereocenters. The number of hydrogen-bond acceptors (Lipinski definition) is 6. The molecule has 4 aliphatic rings. The van der Waals surface area contributed by atoms with Crippen LogP contribution in [-0.4, -0.2) is 62.1 Å². The maximum Gasteiger partial charge on any atom is 0.339 e. The maximum atomic E-state index is 12.6. The van der Waals surface area contributed by atoms with E-state index in [1.807, 2.05) is 12.2 Å². The summed E-state index contributed by atoms with van der Waals surface area (Å²) in [4.78, 5) is 29.8. The lowest BCUT2D eigenvalue weighted by atomic mass is 9.86. The SMILES string of the molecule is COC(=O)C1=C(N2CCCC2)C[C@@H]2C=CC(C(=O)OC)=C(N3CCCC3)C[C@@H]2C=C1. The van der Waals surface area contributed by atoms with Gasteiger partial charge in [0.15, 0.2) is 0 Å². The Bertz CT molecular complexity index is 743. The lowest BCUT2D eigenvalue weighted by molar-refractivity contribution is -0.136. The molecule has 0 saturated carbocycles. The van der Waals surface area contributed by atoms with E-state index in [4.69, 9.17) is 9.47 Å². The summed E-state index contributed by atoms with van der Waals surface area (Å²) >= 11 is 0. The molecule has 2 saturated heterocycles. The van der Waals surface area contributed by atoms with Crippen LogP contribution in [0.15, 0.2) is 46.8 Å². The van der Waals surface area contributed by atoms with Gasteiger partial charge in [-0.1, -0.05) is 12.2 Å². The van der Waals surface area contributed by atoms with Crippen LogP contribution in [0.3, 0.4) is 0 Å². The van der Waals surface area contributed by atoms with Crippen molar-refractivity contribution in [1.82, 2.24) is 9.80 Å². The van der Waals surface area contributed by atoms with Crippen LogP contribution >= 0.6 is 0 Å². The quantitative estimate of drug-likeness (QED) is 0.661. The third kappa shape index (κ3) is 4.05. The van der Waals surface area contributed by atoms with Gasteiger partial charge in [0.2, 0.25) is 0 Å². The number of methoxy groups -OCH3 is 2. The van der Waals surface area contributed by atoms with Gasteiger partial charge in [-0.05, 0) is 62.5 Å². The molecule has 6 nitrogen and oxygen atoms in total. The molecule has 0 spiro atoms. The fourth-order valence-electron chi connectivity index (χ4n) is 5.19. The second-order valence-corrected chi connectivity index (χ2v) is 8.55. The Balaban J connectivity index is 1.68. The van der Waals surface area contributed by atoms with Gasteiger partial charge in [-0.3, -0.25) is 0 Å². The number of hydrogen-bond donors (Lipinski definition) is 0. The molecule has 4 rings (SSSR count). The fraction of sp³-hybridized carbons (Fsp3) is 0.583. The maximum absolute atomic E-state index is 12.6. The van der Waals surface area contributed by atoms with E-state index < -0.39 is 0 Å². The van der Waals surface area contributed by atoms with Crippen LogP contribution in [-0.2, 0) is 19.1 Å². The number of allylic oxidation sites excluding steroid dienone is 4. The Kier molecular flexibility index (Phi) is 6.30. The van der Waals surface area contributed by atoms with Gasteiger partial charge < -0.3 is 19.3 Å². The first-order valence-electron chi connectivity index (χ1n) is 11.1. The van der Waals surface area contributed by atoms with E-state index in [0.717, 1.165) is 76.1 Å². The summed E-state index contributed by atoms with van der Waals surface area (Å²) in [5, 5.41) is 0. The molecule has 0 radical (unpaired) electrons. The molecule has 2 fully saturated rings. The summed E-state index contributed by atoms with van der Waals surface area (Å²) in [6, 6.07) is 0. The van der Waals surface area contributed by atoms with Gasteiger partial charge in [0.1, 0.15) is 0 Å². The number of carbonyl (C=O) groups excluding carboxylic acids is 2. The van der Waals surface area contributed by atoms with Gasteiger partial charge in [-0.25, -0.2) is 9.59 Å². The van der Waals surface area contributed by atoms with Crippen molar-refractivity contribution < 1.29 is 19.1 Å². The first-order valence-corrected chi connectivity index (χ1v) is 11.1. The van der Waals surface area contributed by atoms with Crippen molar-refractivity contribution >= 4 is 11.9 Å². The predicted molar refractivity (Wildman–Crippen MR) is 114 cm³/mol. The average Bonchev–Trinajstić information content (AvgIpc) is 3.43. The molecule has 30 heavy (non-hydrogen) atoms. The number of fused-ring (bicyclic) bond motifs is 1. The summed E-state index contributed by atoms with van der Waals surface area (Å²) < 4.78 is 10.2. The van der Waals surface area contributed by atoms with Gasteiger partial charge in [-0.15, -0.1) is 0 Å². The van der Waals surface area contributed by atoms with Crippen LogP contribution in [0.25, 0.3) is 0 Å². The number of ether oxygens (including phenoxy) is 2. The van der Waals surface area contributed by atoms with Gasteiger partial charge >= 0.3 is 11.9 Å². The molecule has 0 aromatic rings. The van der Waals surface area contributed by atoms with E-state index in [0.29, 0.717) is 11.1 Å². The summed E-state index contributed by atoms with van der Waals surface area (Å²) in [6.45, 7) is 3.93. The minimum atomic E-state index is -0.265. The monoisotopic (exact) mass is 412 g/mol. The molecule has 0 aromatic carbocycles. The molecule has 2 heterocycles. The van der Waals surface area contributed by atoms with Crippen molar-refractivity contribution in [1.29, 1.82) is 0 Å². The lowest BCUT2D eigenvalue weighted by Gasteiger charge is -2.29. The van der Waals surface area contributed by atoms with Gasteiger partial charge in [0.05, 0.1) is 25.4 Å². The molecular formula is C24H32N2O4. The Morgan fingerprint density at radius 1 is 0.733 bits per heavy atom. The number of esters is 2. The molecule has 6 heteroatoms. The zero-order valence-corrected chi connectivity index (χ0v) is 18.1. The van der Waals surface area contributed by atoms with E-state index in [1.54, 1.807) is 0 Å². The molecule has 0 bridgehead atoms. The van der Waals surface area contributed by atoms with E-state index in [9.17, 15) is 9.59 Å². The highest BCUT2D eigenvalue weighted by Gasteiger charge is 2.33. The summed E-state index contributed by atoms with van der Waals surface area (Å²) in [6.07, 6.45) is 14.4. The van der Waals surface area contributed by atoms with Crippen LogP contribution in [0.5, 0.6) is 0 Å². The largest absolute Gasteiger partial charge is 0.465 e. The molecule has 0 unspecified atom stereocenters. The highest BCUT2D eigenvalue weighted by Crippen LogP contribution is 2.39. The minimum Gasteiger partial charge on any atom is -0.465 e.